The molecule has 0 aliphatic rings. The largest absolute Gasteiger partial charge is 0.389 e. The Bertz CT molecular complexity index is 1070. The van der Waals surface area contributed by atoms with Gasteiger partial charge in [-0.3, -0.25) is 9.78 Å². The molecule has 0 radical (unpaired) electrons. The third-order valence-electron chi connectivity index (χ3n) is 4.11. The Morgan fingerprint density at radius 1 is 1.10 bits per heavy atom. The fourth-order valence-corrected chi connectivity index (χ4v) is 2.67. The number of pyridine rings is 1. The fraction of sp³-hybridized carbons (Fsp3) is 0.182. The normalized spacial score (nSPS) is 12.1. The van der Waals surface area contributed by atoms with E-state index in [1.54, 1.807) is 36.4 Å². The van der Waals surface area contributed by atoms with Crippen molar-refractivity contribution in [3.05, 3.63) is 77.7 Å². The Morgan fingerprint density at radius 3 is 2.59 bits per heavy atom. The van der Waals surface area contributed by atoms with Crippen molar-refractivity contribution in [3.8, 4) is 11.8 Å². The number of halogens is 4. The Balaban J connectivity index is 1.80. The van der Waals surface area contributed by atoms with E-state index in [-0.39, 0.29) is 17.5 Å². The summed E-state index contributed by atoms with van der Waals surface area (Å²) in [6.07, 6.45) is -4.64. The zero-order chi connectivity index (χ0) is 20.9. The molecule has 0 spiro atoms. The number of carbonyl (C=O) groups excluding carboxylic acids is 1. The number of alkyl halides is 3. The summed E-state index contributed by atoms with van der Waals surface area (Å²) in [6.45, 7) is 0. The maximum atomic E-state index is 13.7. The van der Waals surface area contributed by atoms with Crippen molar-refractivity contribution >= 4 is 16.8 Å². The van der Waals surface area contributed by atoms with Gasteiger partial charge in [0.05, 0.1) is 11.6 Å². The molecular formula is C22H16F4N2O. The summed E-state index contributed by atoms with van der Waals surface area (Å²) in [4.78, 5) is 16.5. The molecule has 3 rings (SSSR count). The van der Waals surface area contributed by atoms with E-state index in [9.17, 15) is 22.4 Å². The van der Waals surface area contributed by atoms with E-state index in [0.29, 0.717) is 10.9 Å². The quantitative estimate of drug-likeness (QED) is 0.502. The van der Waals surface area contributed by atoms with Crippen molar-refractivity contribution in [1.29, 1.82) is 0 Å². The van der Waals surface area contributed by atoms with Crippen LogP contribution in [0.3, 0.4) is 0 Å². The average Bonchev–Trinajstić information content (AvgIpc) is 2.70. The van der Waals surface area contributed by atoms with Crippen LogP contribution in [-0.4, -0.2) is 23.1 Å². The van der Waals surface area contributed by atoms with Crippen molar-refractivity contribution in [1.82, 2.24) is 10.3 Å². The molecule has 0 saturated heterocycles. The molecule has 1 amide bonds. The van der Waals surface area contributed by atoms with E-state index in [1.807, 2.05) is 0 Å². The topological polar surface area (TPSA) is 42.0 Å². The summed E-state index contributed by atoms with van der Waals surface area (Å²) < 4.78 is 51.7. The van der Waals surface area contributed by atoms with Crippen LogP contribution in [0.2, 0.25) is 0 Å². The van der Waals surface area contributed by atoms with E-state index < -0.39 is 30.4 Å². The number of nitrogens with zero attached hydrogens (tertiary/aromatic N) is 1. The van der Waals surface area contributed by atoms with E-state index in [1.165, 1.54) is 24.4 Å². The molecule has 1 N–H and O–H groups in total. The molecular weight excluding hydrogens is 384 g/mol. The van der Waals surface area contributed by atoms with Crippen LogP contribution in [0.25, 0.3) is 10.9 Å². The number of carbonyl (C=O) groups is 1. The number of hydrogen-bond acceptors (Lipinski definition) is 2. The molecule has 148 valence electrons. The summed E-state index contributed by atoms with van der Waals surface area (Å²) in [6, 6.07) is 13.5. The molecule has 0 aliphatic heterocycles. The Labute approximate surface area is 164 Å². The molecule has 3 aromatic rings. The molecule has 0 saturated carbocycles. The second-order valence-corrected chi connectivity index (χ2v) is 6.35. The summed E-state index contributed by atoms with van der Waals surface area (Å²) in [5.41, 5.74) is 0.852. The van der Waals surface area contributed by atoms with E-state index in [0.717, 1.165) is 0 Å². The van der Waals surface area contributed by atoms with Gasteiger partial charge in [0, 0.05) is 23.6 Å². The lowest BCUT2D eigenvalue weighted by atomic mass is 10.1. The van der Waals surface area contributed by atoms with E-state index >= 15 is 0 Å². The van der Waals surface area contributed by atoms with Gasteiger partial charge in [0.2, 0.25) is 0 Å². The van der Waals surface area contributed by atoms with Crippen LogP contribution in [0.4, 0.5) is 17.6 Å². The van der Waals surface area contributed by atoms with Crippen LogP contribution < -0.4 is 5.32 Å². The first-order valence-corrected chi connectivity index (χ1v) is 8.80. The number of fused-ring (bicyclic) bond motifs is 1. The molecule has 0 fully saturated rings. The van der Waals surface area contributed by atoms with Crippen LogP contribution in [-0.2, 0) is 0 Å². The van der Waals surface area contributed by atoms with Crippen LogP contribution in [0.1, 0.15) is 28.8 Å². The van der Waals surface area contributed by atoms with Gasteiger partial charge in [-0.2, -0.15) is 13.2 Å². The Kier molecular flexibility index (Phi) is 6.13. The molecule has 1 unspecified atom stereocenters. The number of benzene rings is 2. The first kappa shape index (κ1) is 20.3. The SMILES string of the molecule is O=C(NC(C#Cc1ccccc1)CCC(F)(F)F)c1cnc2c(F)cccc2c1. The third-order valence-corrected chi connectivity index (χ3v) is 4.11. The minimum absolute atomic E-state index is 0.113. The summed E-state index contributed by atoms with van der Waals surface area (Å²) in [7, 11) is 0. The van der Waals surface area contributed by atoms with Gasteiger partial charge < -0.3 is 5.32 Å². The Hall–Kier alpha value is -3.40. The minimum Gasteiger partial charge on any atom is -0.338 e. The number of rotatable bonds is 4. The maximum absolute atomic E-state index is 13.7. The van der Waals surface area contributed by atoms with Crippen LogP contribution in [0, 0.1) is 17.7 Å². The summed E-state index contributed by atoms with van der Waals surface area (Å²) in [5, 5.41) is 2.93. The number of amides is 1. The van der Waals surface area contributed by atoms with E-state index in [4.69, 9.17) is 0 Å². The van der Waals surface area contributed by atoms with Crippen LogP contribution in [0.15, 0.2) is 60.8 Å². The second-order valence-electron chi connectivity index (χ2n) is 6.35. The molecule has 2 aromatic carbocycles. The molecule has 1 atom stereocenters. The highest BCUT2D eigenvalue weighted by Gasteiger charge is 2.28. The Morgan fingerprint density at radius 2 is 1.86 bits per heavy atom. The predicted octanol–water partition coefficient (Wildman–Crippen LogP) is 4.87. The van der Waals surface area contributed by atoms with Crippen molar-refractivity contribution in [2.45, 2.75) is 25.1 Å². The maximum Gasteiger partial charge on any atom is 0.389 e. The number of nitrogens with one attached hydrogen (secondary N) is 1. The van der Waals surface area contributed by atoms with Gasteiger partial charge in [0.1, 0.15) is 11.3 Å². The molecule has 7 heteroatoms. The highest BCUT2D eigenvalue weighted by atomic mass is 19.4. The van der Waals surface area contributed by atoms with Gasteiger partial charge in [-0.25, -0.2) is 4.39 Å². The van der Waals surface area contributed by atoms with Crippen molar-refractivity contribution in [2.75, 3.05) is 0 Å². The molecule has 0 bridgehead atoms. The van der Waals surface area contributed by atoms with Gasteiger partial charge >= 0.3 is 6.18 Å². The van der Waals surface area contributed by atoms with Gasteiger partial charge in [-0.15, -0.1) is 0 Å². The number of para-hydroxylation sites is 1. The first-order chi connectivity index (χ1) is 13.8. The molecule has 3 nitrogen and oxygen atoms in total. The lowest BCUT2D eigenvalue weighted by Crippen LogP contribution is -2.35. The third kappa shape index (κ3) is 5.79. The summed E-state index contributed by atoms with van der Waals surface area (Å²) in [5.74, 6) is 4.32. The first-order valence-electron chi connectivity index (χ1n) is 8.80. The number of aromatic nitrogens is 1. The van der Waals surface area contributed by atoms with Crippen molar-refractivity contribution in [2.24, 2.45) is 0 Å². The monoisotopic (exact) mass is 400 g/mol. The van der Waals surface area contributed by atoms with Gasteiger partial charge in [-0.05, 0) is 30.7 Å². The van der Waals surface area contributed by atoms with Gasteiger partial charge in [-0.1, -0.05) is 42.2 Å². The molecule has 1 aromatic heterocycles. The van der Waals surface area contributed by atoms with Crippen LogP contribution in [0.5, 0.6) is 0 Å². The highest BCUT2D eigenvalue weighted by molar-refractivity contribution is 5.97. The van der Waals surface area contributed by atoms with E-state index in [2.05, 4.69) is 22.1 Å². The van der Waals surface area contributed by atoms with Crippen molar-refractivity contribution in [3.63, 3.8) is 0 Å². The fourth-order valence-electron chi connectivity index (χ4n) is 2.67. The molecule has 29 heavy (non-hydrogen) atoms. The lowest BCUT2D eigenvalue weighted by molar-refractivity contribution is -0.135. The molecule has 0 aliphatic carbocycles. The highest BCUT2D eigenvalue weighted by Crippen LogP contribution is 2.22. The minimum atomic E-state index is -4.36. The van der Waals surface area contributed by atoms with Crippen LogP contribution >= 0.6 is 0 Å². The standard InChI is InChI=1S/C22H16F4N2O/c23-19-8-4-7-16-13-17(14-27-20(16)19)21(29)28-18(11-12-22(24,25)26)10-9-15-5-2-1-3-6-15/h1-8,13-14,18H,11-12H2,(H,28,29). The smallest absolute Gasteiger partial charge is 0.338 e. The summed E-state index contributed by atoms with van der Waals surface area (Å²) >= 11 is 0. The number of hydrogen-bond donors (Lipinski definition) is 1. The zero-order valence-corrected chi connectivity index (χ0v) is 15.1. The average molecular weight is 400 g/mol. The predicted molar refractivity (Wildman–Crippen MR) is 102 cm³/mol. The second kappa shape index (κ2) is 8.74. The van der Waals surface area contributed by atoms with Crippen molar-refractivity contribution < 1.29 is 22.4 Å². The van der Waals surface area contributed by atoms with Gasteiger partial charge in [0.25, 0.3) is 5.91 Å². The van der Waals surface area contributed by atoms with Gasteiger partial charge in [0.15, 0.2) is 0 Å². The lowest BCUT2D eigenvalue weighted by Gasteiger charge is -2.15. The zero-order valence-electron chi connectivity index (χ0n) is 15.1. The molecule has 1 heterocycles.